The highest BCUT2D eigenvalue weighted by Gasteiger charge is 2.23. The predicted molar refractivity (Wildman–Crippen MR) is 64.2 cm³/mol. The quantitative estimate of drug-likeness (QED) is 0.760. The Kier molecular flexibility index (Phi) is 4.59. The molecule has 0 aromatic rings. The molecule has 0 bridgehead atoms. The van der Waals surface area contributed by atoms with Gasteiger partial charge in [-0.1, -0.05) is 12.8 Å². The minimum absolute atomic E-state index is 0.226. The van der Waals surface area contributed by atoms with E-state index in [9.17, 15) is 4.79 Å². The van der Waals surface area contributed by atoms with Crippen molar-refractivity contribution in [2.45, 2.75) is 58.1 Å². The number of nitrogens with two attached hydrogens (primary N) is 1. The van der Waals surface area contributed by atoms with Crippen LogP contribution < -0.4 is 11.1 Å². The summed E-state index contributed by atoms with van der Waals surface area (Å²) >= 11 is 0. The third-order valence-corrected chi connectivity index (χ3v) is 2.88. The number of hydrogen-bond acceptors (Lipinski definition) is 3. The van der Waals surface area contributed by atoms with Gasteiger partial charge in [-0.3, -0.25) is 0 Å². The molecule has 1 aliphatic carbocycles. The molecular formula is C12H24N2O2. The van der Waals surface area contributed by atoms with Crippen LogP contribution in [0, 0.1) is 5.92 Å². The molecule has 4 nitrogen and oxygen atoms in total. The zero-order valence-electron chi connectivity index (χ0n) is 10.6. The molecule has 1 saturated carbocycles. The van der Waals surface area contributed by atoms with Gasteiger partial charge in [0.15, 0.2) is 0 Å². The Morgan fingerprint density at radius 2 is 2.00 bits per heavy atom. The van der Waals surface area contributed by atoms with Gasteiger partial charge in [0.1, 0.15) is 5.60 Å². The lowest BCUT2D eigenvalue weighted by Gasteiger charge is -2.29. The maximum absolute atomic E-state index is 11.4. The normalized spacial score (nSPS) is 26.2. The second-order valence-corrected chi connectivity index (χ2v) is 5.59. The van der Waals surface area contributed by atoms with Gasteiger partial charge in [-0.2, -0.15) is 0 Å². The first-order valence-corrected chi connectivity index (χ1v) is 6.11. The highest BCUT2D eigenvalue weighted by Crippen LogP contribution is 2.22. The van der Waals surface area contributed by atoms with Gasteiger partial charge in [0.2, 0.25) is 0 Å². The molecule has 1 rings (SSSR count). The molecule has 0 unspecified atom stereocenters. The van der Waals surface area contributed by atoms with E-state index in [1.54, 1.807) is 0 Å². The first-order valence-electron chi connectivity index (χ1n) is 6.11. The Morgan fingerprint density at radius 3 is 2.56 bits per heavy atom. The number of nitrogens with one attached hydrogen (secondary N) is 1. The van der Waals surface area contributed by atoms with E-state index in [0.717, 1.165) is 12.8 Å². The van der Waals surface area contributed by atoms with Crippen molar-refractivity contribution in [1.29, 1.82) is 0 Å². The maximum Gasteiger partial charge on any atom is 0.407 e. The first kappa shape index (κ1) is 13.3. The van der Waals surface area contributed by atoms with Gasteiger partial charge in [-0.05, 0) is 39.5 Å². The standard InChI is InChI=1S/C12H24N2O2/c1-12(2,3)16-11(15)14-8-9-6-4-5-7-10(9)13/h9-10H,4-8,13H2,1-3H3,(H,14,15)/t9-,10-/m1/s1. The van der Waals surface area contributed by atoms with E-state index in [1.807, 2.05) is 20.8 Å². The van der Waals surface area contributed by atoms with E-state index in [1.165, 1.54) is 12.8 Å². The van der Waals surface area contributed by atoms with Crippen LogP contribution in [0.15, 0.2) is 0 Å². The number of ether oxygens (including phenoxy) is 1. The molecule has 3 N–H and O–H groups in total. The lowest BCUT2D eigenvalue weighted by atomic mass is 9.85. The van der Waals surface area contributed by atoms with Crippen molar-refractivity contribution in [2.24, 2.45) is 11.7 Å². The number of alkyl carbamates (subject to hydrolysis) is 1. The molecule has 0 saturated heterocycles. The average molecular weight is 228 g/mol. The van der Waals surface area contributed by atoms with Crippen LogP contribution in [0.5, 0.6) is 0 Å². The summed E-state index contributed by atoms with van der Waals surface area (Å²) in [6.07, 6.45) is 4.26. The van der Waals surface area contributed by atoms with Crippen LogP contribution >= 0.6 is 0 Å². The Bertz CT molecular complexity index is 236. The summed E-state index contributed by atoms with van der Waals surface area (Å²) in [6.45, 7) is 6.22. The van der Waals surface area contributed by atoms with Gasteiger partial charge in [0.05, 0.1) is 0 Å². The SMILES string of the molecule is CC(C)(C)OC(=O)NC[C@H]1CCCC[C@H]1N. The molecule has 0 aliphatic heterocycles. The number of carbonyl (C=O) groups excluding carboxylic acids is 1. The van der Waals surface area contributed by atoms with Crippen molar-refractivity contribution in [3.8, 4) is 0 Å². The molecule has 16 heavy (non-hydrogen) atoms. The monoisotopic (exact) mass is 228 g/mol. The summed E-state index contributed by atoms with van der Waals surface area (Å²) in [7, 11) is 0. The van der Waals surface area contributed by atoms with Crippen LogP contribution in [0.2, 0.25) is 0 Å². The molecule has 2 atom stereocenters. The second kappa shape index (κ2) is 5.53. The third kappa shape index (κ3) is 4.84. The molecule has 0 radical (unpaired) electrons. The summed E-state index contributed by atoms with van der Waals surface area (Å²) in [5.41, 5.74) is 5.57. The number of rotatable bonds is 2. The van der Waals surface area contributed by atoms with Crippen molar-refractivity contribution in [3.63, 3.8) is 0 Å². The summed E-state index contributed by atoms with van der Waals surface area (Å²) in [5.74, 6) is 0.404. The lowest BCUT2D eigenvalue weighted by molar-refractivity contribution is 0.0513. The van der Waals surface area contributed by atoms with E-state index in [0.29, 0.717) is 12.5 Å². The molecule has 0 aromatic heterocycles. The summed E-state index contributed by atoms with van der Waals surface area (Å²) in [5, 5.41) is 2.80. The van der Waals surface area contributed by atoms with Crippen molar-refractivity contribution in [3.05, 3.63) is 0 Å². The Labute approximate surface area is 97.9 Å². The fraction of sp³-hybridized carbons (Fsp3) is 0.917. The Balaban J connectivity index is 2.25. The fourth-order valence-corrected chi connectivity index (χ4v) is 2.02. The molecule has 1 aliphatic rings. The van der Waals surface area contributed by atoms with Crippen LogP contribution in [-0.2, 0) is 4.74 Å². The van der Waals surface area contributed by atoms with Crippen molar-refractivity contribution in [2.75, 3.05) is 6.54 Å². The first-order chi connectivity index (χ1) is 7.38. The highest BCUT2D eigenvalue weighted by atomic mass is 16.6. The minimum Gasteiger partial charge on any atom is -0.444 e. The van der Waals surface area contributed by atoms with Gasteiger partial charge >= 0.3 is 6.09 Å². The molecule has 4 heteroatoms. The molecular weight excluding hydrogens is 204 g/mol. The molecule has 94 valence electrons. The molecule has 1 fully saturated rings. The van der Waals surface area contributed by atoms with Gasteiger partial charge in [-0.15, -0.1) is 0 Å². The highest BCUT2D eigenvalue weighted by molar-refractivity contribution is 5.67. The van der Waals surface area contributed by atoms with Crippen molar-refractivity contribution in [1.82, 2.24) is 5.32 Å². The predicted octanol–water partition coefficient (Wildman–Crippen LogP) is 2.03. The van der Waals surface area contributed by atoms with Gasteiger partial charge < -0.3 is 15.8 Å². The van der Waals surface area contributed by atoms with E-state index in [-0.39, 0.29) is 12.1 Å². The second-order valence-electron chi connectivity index (χ2n) is 5.59. The smallest absolute Gasteiger partial charge is 0.407 e. The Morgan fingerprint density at radius 1 is 1.38 bits per heavy atom. The van der Waals surface area contributed by atoms with Crippen LogP contribution in [-0.4, -0.2) is 24.3 Å². The van der Waals surface area contributed by atoms with Crippen LogP contribution in [0.3, 0.4) is 0 Å². The third-order valence-electron chi connectivity index (χ3n) is 2.88. The van der Waals surface area contributed by atoms with Crippen molar-refractivity contribution >= 4 is 6.09 Å². The number of hydrogen-bond donors (Lipinski definition) is 2. The molecule has 0 aromatic carbocycles. The van der Waals surface area contributed by atoms with Crippen LogP contribution in [0.25, 0.3) is 0 Å². The lowest BCUT2D eigenvalue weighted by Crippen LogP contribution is -2.42. The summed E-state index contributed by atoms with van der Waals surface area (Å²) < 4.78 is 5.17. The number of amides is 1. The summed E-state index contributed by atoms with van der Waals surface area (Å²) in [4.78, 5) is 11.4. The van der Waals surface area contributed by atoms with E-state index in [2.05, 4.69) is 5.32 Å². The van der Waals surface area contributed by atoms with E-state index < -0.39 is 5.60 Å². The molecule has 1 amide bonds. The van der Waals surface area contributed by atoms with E-state index >= 15 is 0 Å². The van der Waals surface area contributed by atoms with Crippen LogP contribution in [0.4, 0.5) is 4.79 Å². The zero-order chi connectivity index (χ0) is 12.2. The topological polar surface area (TPSA) is 64.3 Å². The van der Waals surface area contributed by atoms with E-state index in [4.69, 9.17) is 10.5 Å². The largest absolute Gasteiger partial charge is 0.444 e. The van der Waals surface area contributed by atoms with Gasteiger partial charge in [0.25, 0.3) is 0 Å². The average Bonchev–Trinajstić information content (AvgIpc) is 2.14. The Hall–Kier alpha value is -0.770. The fourth-order valence-electron chi connectivity index (χ4n) is 2.02. The van der Waals surface area contributed by atoms with Crippen molar-refractivity contribution < 1.29 is 9.53 Å². The molecule has 0 heterocycles. The molecule has 0 spiro atoms. The minimum atomic E-state index is -0.432. The van der Waals surface area contributed by atoms with Crippen LogP contribution in [0.1, 0.15) is 46.5 Å². The number of carbonyl (C=O) groups is 1. The maximum atomic E-state index is 11.4. The zero-order valence-corrected chi connectivity index (χ0v) is 10.6. The summed E-state index contributed by atoms with van der Waals surface area (Å²) in [6, 6.07) is 0.226. The van der Waals surface area contributed by atoms with Gasteiger partial charge in [-0.25, -0.2) is 4.79 Å². The van der Waals surface area contributed by atoms with Gasteiger partial charge in [0, 0.05) is 12.6 Å².